The summed E-state index contributed by atoms with van der Waals surface area (Å²) in [6.45, 7) is 4.14. The summed E-state index contributed by atoms with van der Waals surface area (Å²) >= 11 is 0. The highest BCUT2D eigenvalue weighted by molar-refractivity contribution is 5.71. The molecule has 0 aromatic carbocycles. The molecule has 1 aliphatic heterocycles. The summed E-state index contributed by atoms with van der Waals surface area (Å²) < 4.78 is 2.11. The fourth-order valence-electron chi connectivity index (χ4n) is 3.78. The number of fused-ring (bicyclic) bond motifs is 1. The van der Waals surface area contributed by atoms with Crippen LogP contribution in [0.4, 0.5) is 5.82 Å². The number of rotatable bonds is 4. The maximum atomic E-state index is 4.84. The smallest absolute Gasteiger partial charge is 0.137 e. The van der Waals surface area contributed by atoms with E-state index in [1.165, 1.54) is 5.56 Å². The molecule has 0 saturated carbocycles. The SMILES string of the molecule is Cc1cc2ncc(-c3cccc(N[C@@H]4CCNC4)n3)n2cc1-c1cccnc1. The van der Waals surface area contributed by atoms with Crippen molar-refractivity contribution in [2.24, 2.45) is 0 Å². The third kappa shape index (κ3) is 3.12. The lowest BCUT2D eigenvalue weighted by molar-refractivity contribution is 0.788. The predicted molar refractivity (Wildman–Crippen MR) is 111 cm³/mol. The van der Waals surface area contributed by atoms with E-state index in [-0.39, 0.29) is 0 Å². The normalized spacial score (nSPS) is 16.5. The Morgan fingerprint density at radius 1 is 1.18 bits per heavy atom. The Labute approximate surface area is 163 Å². The van der Waals surface area contributed by atoms with E-state index >= 15 is 0 Å². The van der Waals surface area contributed by atoms with Crippen LogP contribution in [0.25, 0.3) is 28.2 Å². The van der Waals surface area contributed by atoms with Gasteiger partial charge in [-0.1, -0.05) is 12.1 Å². The fraction of sp³-hybridized carbons (Fsp3) is 0.227. The number of nitrogens with zero attached hydrogens (tertiary/aromatic N) is 4. The second-order valence-electron chi connectivity index (χ2n) is 7.23. The molecule has 6 nitrogen and oxygen atoms in total. The molecule has 5 heterocycles. The monoisotopic (exact) mass is 370 g/mol. The molecule has 28 heavy (non-hydrogen) atoms. The quantitative estimate of drug-likeness (QED) is 0.575. The number of anilines is 1. The van der Waals surface area contributed by atoms with Gasteiger partial charge in [0.25, 0.3) is 0 Å². The third-order valence-corrected chi connectivity index (χ3v) is 5.25. The van der Waals surface area contributed by atoms with Crippen LogP contribution < -0.4 is 10.6 Å². The van der Waals surface area contributed by atoms with Crippen LogP contribution >= 0.6 is 0 Å². The standard InChI is InChI=1S/C22H22N6/c1-15-10-22-25-13-20(28(22)14-18(15)16-4-3-8-23-11-16)19-5-2-6-21(27-19)26-17-7-9-24-12-17/h2-6,8,10-11,13-14,17,24H,7,9,12H2,1H3,(H,26,27)/t17-/m1/s1. The molecule has 1 saturated heterocycles. The minimum absolute atomic E-state index is 0.435. The Bertz CT molecular complexity index is 1110. The Balaban J connectivity index is 1.56. The molecule has 0 spiro atoms. The first-order valence-electron chi connectivity index (χ1n) is 9.61. The lowest BCUT2D eigenvalue weighted by Gasteiger charge is -2.13. The van der Waals surface area contributed by atoms with Crippen LogP contribution in [0.5, 0.6) is 0 Å². The van der Waals surface area contributed by atoms with Crippen molar-refractivity contribution in [1.82, 2.24) is 24.7 Å². The van der Waals surface area contributed by atoms with Crippen LogP contribution in [0.15, 0.2) is 61.2 Å². The molecule has 1 fully saturated rings. The average Bonchev–Trinajstić information content (AvgIpc) is 3.38. The highest BCUT2D eigenvalue weighted by Crippen LogP contribution is 2.27. The molecule has 0 radical (unpaired) electrons. The van der Waals surface area contributed by atoms with Crippen molar-refractivity contribution in [2.45, 2.75) is 19.4 Å². The van der Waals surface area contributed by atoms with Crippen molar-refractivity contribution in [3.8, 4) is 22.5 Å². The third-order valence-electron chi connectivity index (χ3n) is 5.25. The van der Waals surface area contributed by atoms with Gasteiger partial charge in [0.15, 0.2) is 0 Å². The fourth-order valence-corrected chi connectivity index (χ4v) is 3.78. The zero-order valence-corrected chi connectivity index (χ0v) is 15.8. The van der Waals surface area contributed by atoms with Crippen LogP contribution in [0.2, 0.25) is 0 Å². The first-order chi connectivity index (χ1) is 13.8. The summed E-state index contributed by atoms with van der Waals surface area (Å²) in [4.78, 5) is 13.7. The summed E-state index contributed by atoms with van der Waals surface area (Å²) in [6.07, 6.45) is 8.83. The second-order valence-corrected chi connectivity index (χ2v) is 7.23. The Morgan fingerprint density at radius 3 is 2.96 bits per heavy atom. The van der Waals surface area contributed by atoms with Crippen molar-refractivity contribution >= 4 is 11.5 Å². The molecule has 6 heteroatoms. The van der Waals surface area contributed by atoms with E-state index in [4.69, 9.17) is 4.98 Å². The first kappa shape index (κ1) is 16.9. The number of aryl methyl sites for hydroxylation is 1. The summed E-state index contributed by atoms with van der Waals surface area (Å²) in [7, 11) is 0. The number of hydrogen-bond acceptors (Lipinski definition) is 5. The molecular weight excluding hydrogens is 348 g/mol. The molecule has 4 aromatic rings. The van der Waals surface area contributed by atoms with Gasteiger partial charge >= 0.3 is 0 Å². The molecule has 1 aliphatic rings. The molecular formula is C22H22N6. The molecule has 4 aromatic heterocycles. The van der Waals surface area contributed by atoms with E-state index in [1.807, 2.05) is 36.7 Å². The largest absolute Gasteiger partial charge is 0.366 e. The molecule has 5 rings (SSSR count). The van der Waals surface area contributed by atoms with Crippen LogP contribution in [0.1, 0.15) is 12.0 Å². The second kappa shape index (κ2) is 7.05. The molecule has 0 unspecified atom stereocenters. The number of hydrogen-bond donors (Lipinski definition) is 2. The zero-order valence-electron chi connectivity index (χ0n) is 15.8. The highest BCUT2D eigenvalue weighted by Gasteiger charge is 2.15. The highest BCUT2D eigenvalue weighted by atomic mass is 15.1. The van der Waals surface area contributed by atoms with Gasteiger partial charge in [0.1, 0.15) is 11.5 Å². The van der Waals surface area contributed by atoms with E-state index in [0.29, 0.717) is 6.04 Å². The number of pyridine rings is 3. The van der Waals surface area contributed by atoms with Gasteiger partial charge in [0.2, 0.25) is 0 Å². The Hall–Kier alpha value is -3.25. The molecule has 2 N–H and O–H groups in total. The van der Waals surface area contributed by atoms with Crippen molar-refractivity contribution in [3.05, 3.63) is 66.7 Å². The molecule has 0 aliphatic carbocycles. The summed E-state index contributed by atoms with van der Waals surface area (Å²) in [5, 5.41) is 6.90. The van der Waals surface area contributed by atoms with Gasteiger partial charge in [0, 0.05) is 42.3 Å². The van der Waals surface area contributed by atoms with Crippen molar-refractivity contribution in [2.75, 3.05) is 18.4 Å². The number of aromatic nitrogens is 4. The Morgan fingerprint density at radius 2 is 2.14 bits per heavy atom. The van der Waals surface area contributed by atoms with E-state index < -0.39 is 0 Å². The van der Waals surface area contributed by atoms with Crippen LogP contribution in [-0.4, -0.2) is 38.5 Å². The van der Waals surface area contributed by atoms with E-state index in [1.54, 1.807) is 6.20 Å². The summed E-state index contributed by atoms with van der Waals surface area (Å²) in [5.41, 5.74) is 6.22. The van der Waals surface area contributed by atoms with Crippen molar-refractivity contribution < 1.29 is 0 Å². The maximum absolute atomic E-state index is 4.84. The minimum Gasteiger partial charge on any atom is -0.366 e. The lowest BCUT2D eigenvalue weighted by atomic mass is 10.0. The number of nitrogens with one attached hydrogen (secondary N) is 2. The first-order valence-corrected chi connectivity index (χ1v) is 9.61. The van der Waals surface area contributed by atoms with Crippen molar-refractivity contribution in [1.29, 1.82) is 0 Å². The van der Waals surface area contributed by atoms with Gasteiger partial charge in [-0.15, -0.1) is 0 Å². The van der Waals surface area contributed by atoms with Gasteiger partial charge in [0.05, 0.1) is 17.6 Å². The van der Waals surface area contributed by atoms with Crippen molar-refractivity contribution in [3.63, 3.8) is 0 Å². The molecule has 0 amide bonds. The summed E-state index contributed by atoms with van der Waals surface area (Å²) in [6, 6.07) is 12.7. The van der Waals surface area contributed by atoms with E-state index in [2.05, 4.69) is 50.3 Å². The Kier molecular flexibility index (Phi) is 4.25. The average molecular weight is 370 g/mol. The molecule has 0 bridgehead atoms. The van der Waals surface area contributed by atoms with Crippen LogP contribution in [-0.2, 0) is 0 Å². The van der Waals surface area contributed by atoms with Crippen LogP contribution in [0, 0.1) is 6.92 Å². The molecule has 1 atom stereocenters. The van der Waals surface area contributed by atoms with E-state index in [0.717, 1.165) is 53.5 Å². The van der Waals surface area contributed by atoms with Gasteiger partial charge in [-0.2, -0.15) is 0 Å². The minimum atomic E-state index is 0.435. The maximum Gasteiger partial charge on any atom is 0.137 e. The van der Waals surface area contributed by atoms with Gasteiger partial charge < -0.3 is 10.6 Å². The van der Waals surface area contributed by atoms with Gasteiger partial charge in [-0.05, 0) is 49.7 Å². The van der Waals surface area contributed by atoms with Crippen LogP contribution in [0.3, 0.4) is 0 Å². The predicted octanol–water partition coefficient (Wildman–Crippen LogP) is 3.54. The molecule has 140 valence electrons. The lowest BCUT2D eigenvalue weighted by Crippen LogP contribution is -2.22. The topological polar surface area (TPSA) is 67.1 Å². The number of imidazole rings is 1. The summed E-state index contributed by atoms with van der Waals surface area (Å²) in [5.74, 6) is 0.903. The van der Waals surface area contributed by atoms with E-state index in [9.17, 15) is 0 Å². The zero-order chi connectivity index (χ0) is 18.9. The van der Waals surface area contributed by atoms with Gasteiger partial charge in [-0.25, -0.2) is 9.97 Å². The van der Waals surface area contributed by atoms with Gasteiger partial charge in [-0.3, -0.25) is 9.38 Å².